The second-order valence-electron chi connectivity index (χ2n) is 8.41. The Morgan fingerprint density at radius 3 is 2.28 bits per heavy atom. The Kier molecular flexibility index (Phi) is 5.99. The van der Waals surface area contributed by atoms with E-state index in [0.717, 1.165) is 49.3 Å². The molecule has 0 atom stereocenters. The number of rotatable bonds is 4. The first-order valence-electron chi connectivity index (χ1n) is 10.7. The van der Waals surface area contributed by atoms with Gasteiger partial charge in [-0.3, -0.25) is 9.59 Å². The Labute approximate surface area is 176 Å². The van der Waals surface area contributed by atoms with Crippen LogP contribution in [-0.2, 0) is 4.79 Å². The lowest BCUT2D eigenvalue weighted by atomic mass is 9.95. The van der Waals surface area contributed by atoms with E-state index in [2.05, 4.69) is 43.1 Å². The largest absolute Gasteiger partial charge is 0.342 e. The molecule has 1 aromatic carbocycles. The number of aromatic nitrogens is 1. The number of carbonyl (C=O) groups is 2. The van der Waals surface area contributed by atoms with Crippen LogP contribution >= 0.6 is 11.3 Å². The van der Waals surface area contributed by atoms with Crippen molar-refractivity contribution in [2.45, 2.75) is 45.4 Å². The highest BCUT2D eigenvalue weighted by Gasteiger charge is 2.32. The number of nitrogens with zero attached hydrogens (tertiary/aromatic N) is 3. The smallest absolute Gasteiger partial charge is 0.273 e. The third-order valence-electron chi connectivity index (χ3n) is 6.10. The second kappa shape index (κ2) is 8.66. The number of hydrogen-bond acceptors (Lipinski definition) is 4. The van der Waals surface area contributed by atoms with Gasteiger partial charge in [0.25, 0.3) is 5.91 Å². The number of likely N-dealkylation sites (tertiary alicyclic amines) is 2. The van der Waals surface area contributed by atoms with Crippen molar-refractivity contribution >= 4 is 23.2 Å². The molecule has 0 spiro atoms. The van der Waals surface area contributed by atoms with Gasteiger partial charge in [0.2, 0.25) is 5.91 Å². The summed E-state index contributed by atoms with van der Waals surface area (Å²) in [6, 6.07) is 8.42. The molecule has 4 rings (SSSR count). The molecule has 2 aliphatic rings. The molecule has 2 aromatic rings. The van der Waals surface area contributed by atoms with Crippen molar-refractivity contribution in [3.63, 3.8) is 0 Å². The predicted octanol–water partition coefficient (Wildman–Crippen LogP) is 4.41. The van der Waals surface area contributed by atoms with Gasteiger partial charge in [-0.2, -0.15) is 0 Å². The molecule has 154 valence electrons. The van der Waals surface area contributed by atoms with E-state index in [1.165, 1.54) is 16.9 Å². The summed E-state index contributed by atoms with van der Waals surface area (Å²) in [6.45, 7) is 7.43. The van der Waals surface area contributed by atoms with Gasteiger partial charge in [-0.25, -0.2) is 4.98 Å². The Morgan fingerprint density at radius 1 is 1.00 bits per heavy atom. The SMILES string of the molecule is CC(C)c1ccc(-c2nc(C(=O)N3CCC(C(=O)N4CCCC4)CC3)cs2)cc1. The number of hydrogen-bond donors (Lipinski definition) is 0. The van der Waals surface area contributed by atoms with Gasteiger partial charge in [-0.1, -0.05) is 38.1 Å². The van der Waals surface area contributed by atoms with Gasteiger partial charge < -0.3 is 9.80 Å². The summed E-state index contributed by atoms with van der Waals surface area (Å²) in [7, 11) is 0. The van der Waals surface area contributed by atoms with Gasteiger partial charge >= 0.3 is 0 Å². The van der Waals surface area contributed by atoms with Crippen molar-refractivity contribution in [1.82, 2.24) is 14.8 Å². The molecule has 0 unspecified atom stereocenters. The maximum atomic E-state index is 12.9. The zero-order valence-corrected chi connectivity index (χ0v) is 18.1. The molecule has 1 aromatic heterocycles. The molecule has 0 radical (unpaired) electrons. The molecule has 0 N–H and O–H groups in total. The van der Waals surface area contributed by atoms with Crippen LogP contribution in [0.15, 0.2) is 29.6 Å². The first kappa shape index (κ1) is 20.1. The summed E-state index contributed by atoms with van der Waals surface area (Å²) >= 11 is 1.51. The highest BCUT2D eigenvalue weighted by Crippen LogP contribution is 2.28. The number of carbonyl (C=O) groups excluding carboxylic acids is 2. The van der Waals surface area contributed by atoms with E-state index >= 15 is 0 Å². The fourth-order valence-electron chi connectivity index (χ4n) is 4.20. The zero-order valence-electron chi connectivity index (χ0n) is 17.3. The van der Waals surface area contributed by atoms with Crippen LogP contribution in [0.3, 0.4) is 0 Å². The van der Waals surface area contributed by atoms with Crippen molar-refractivity contribution in [3.8, 4) is 10.6 Å². The summed E-state index contributed by atoms with van der Waals surface area (Å²) in [4.78, 5) is 33.9. The second-order valence-corrected chi connectivity index (χ2v) is 9.27. The minimum atomic E-state index is -0.0154. The Hall–Kier alpha value is -2.21. The number of piperidine rings is 1. The number of benzene rings is 1. The first-order chi connectivity index (χ1) is 14.0. The molecule has 0 bridgehead atoms. The van der Waals surface area contributed by atoms with Crippen molar-refractivity contribution in [3.05, 3.63) is 40.9 Å². The molecule has 29 heavy (non-hydrogen) atoms. The zero-order chi connectivity index (χ0) is 20.4. The molecule has 3 heterocycles. The maximum absolute atomic E-state index is 12.9. The van der Waals surface area contributed by atoms with Crippen molar-refractivity contribution < 1.29 is 9.59 Å². The fraction of sp³-hybridized carbons (Fsp3) is 0.522. The highest BCUT2D eigenvalue weighted by atomic mass is 32.1. The van der Waals surface area contributed by atoms with Crippen LogP contribution < -0.4 is 0 Å². The van der Waals surface area contributed by atoms with Crippen molar-refractivity contribution in [2.24, 2.45) is 5.92 Å². The van der Waals surface area contributed by atoms with Crippen molar-refractivity contribution in [2.75, 3.05) is 26.2 Å². The molecule has 2 amide bonds. The van der Waals surface area contributed by atoms with Gasteiger partial charge in [-0.05, 0) is 37.2 Å². The van der Waals surface area contributed by atoms with E-state index in [0.29, 0.717) is 24.7 Å². The lowest BCUT2D eigenvalue weighted by Gasteiger charge is -2.32. The van der Waals surface area contributed by atoms with Gasteiger partial charge in [0.05, 0.1) is 0 Å². The normalized spacial score (nSPS) is 17.9. The third kappa shape index (κ3) is 4.37. The van der Waals surface area contributed by atoms with E-state index in [9.17, 15) is 9.59 Å². The maximum Gasteiger partial charge on any atom is 0.273 e. The van der Waals surface area contributed by atoms with Crippen LogP contribution in [0.2, 0.25) is 0 Å². The molecule has 2 saturated heterocycles. The summed E-state index contributed by atoms with van der Waals surface area (Å²) < 4.78 is 0. The predicted molar refractivity (Wildman–Crippen MR) is 116 cm³/mol. The summed E-state index contributed by atoms with van der Waals surface area (Å²) in [5.41, 5.74) is 2.86. The van der Waals surface area contributed by atoms with Crippen LogP contribution in [0.5, 0.6) is 0 Å². The molecule has 2 aliphatic heterocycles. The van der Waals surface area contributed by atoms with Gasteiger partial charge in [-0.15, -0.1) is 11.3 Å². The van der Waals surface area contributed by atoms with Gasteiger partial charge in [0, 0.05) is 43.0 Å². The van der Waals surface area contributed by atoms with E-state index < -0.39 is 0 Å². The highest BCUT2D eigenvalue weighted by molar-refractivity contribution is 7.13. The van der Waals surface area contributed by atoms with Crippen molar-refractivity contribution in [1.29, 1.82) is 0 Å². The molecule has 0 saturated carbocycles. The average Bonchev–Trinajstić information content (AvgIpc) is 3.45. The minimum absolute atomic E-state index is 0.0154. The standard InChI is InChI=1S/C23H29N3O2S/c1-16(2)17-5-7-18(8-6-17)21-24-20(15-29-21)23(28)26-13-9-19(10-14-26)22(27)25-11-3-4-12-25/h5-8,15-16,19H,3-4,9-14H2,1-2H3. The number of thiazole rings is 1. The summed E-state index contributed by atoms with van der Waals surface area (Å²) in [6.07, 6.45) is 3.76. The topological polar surface area (TPSA) is 53.5 Å². The Balaban J connectivity index is 1.36. The van der Waals surface area contributed by atoms with E-state index in [1.807, 2.05) is 15.2 Å². The lowest BCUT2D eigenvalue weighted by Crippen LogP contribution is -2.43. The molecular formula is C23H29N3O2S. The minimum Gasteiger partial charge on any atom is -0.342 e. The monoisotopic (exact) mass is 411 g/mol. The molecule has 5 nitrogen and oxygen atoms in total. The van der Waals surface area contributed by atoms with Crippen LogP contribution in [0.4, 0.5) is 0 Å². The van der Waals surface area contributed by atoms with Crippen LogP contribution in [0, 0.1) is 5.92 Å². The van der Waals surface area contributed by atoms with Crippen LogP contribution in [-0.4, -0.2) is 52.8 Å². The van der Waals surface area contributed by atoms with E-state index in [-0.39, 0.29) is 17.7 Å². The van der Waals surface area contributed by atoms with E-state index in [4.69, 9.17) is 0 Å². The summed E-state index contributed by atoms with van der Waals surface area (Å²) in [5, 5.41) is 2.73. The fourth-order valence-corrected chi connectivity index (χ4v) is 5.00. The Bertz CT molecular complexity index is 861. The molecule has 0 aliphatic carbocycles. The van der Waals surface area contributed by atoms with Crippen LogP contribution in [0.25, 0.3) is 10.6 Å². The van der Waals surface area contributed by atoms with Crippen LogP contribution in [0.1, 0.15) is 61.5 Å². The summed E-state index contributed by atoms with van der Waals surface area (Å²) in [5.74, 6) is 0.842. The van der Waals surface area contributed by atoms with Gasteiger partial charge in [0.15, 0.2) is 0 Å². The quantitative estimate of drug-likeness (QED) is 0.749. The third-order valence-corrected chi connectivity index (χ3v) is 6.99. The molecule has 6 heteroatoms. The lowest BCUT2D eigenvalue weighted by molar-refractivity contribution is -0.135. The first-order valence-corrected chi connectivity index (χ1v) is 11.5. The molecular weight excluding hydrogens is 382 g/mol. The number of amides is 2. The molecule has 2 fully saturated rings. The average molecular weight is 412 g/mol. The Morgan fingerprint density at radius 2 is 1.66 bits per heavy atom. The van der Waals surface area contributed by atoms with E-state index in [1.54, 1.807) is 0 Å². The van der Waals surface area contributed by atoms with Gasteiger partial charge in [0.1, 0.15) is 10.7 Å².